The Morgan fingerprint density at radius 1 is 1.18 bits per heavy atom. The van der Waals surface area contributed by atoms with Crippen LogP contribution in [0.25, 0.3) is 0 Å². The van der Waals surface area contributed by atoms with Crippen LogP contribution in [0.4, 0.5) is 0 Å². The fraction of sp³-hybridized carbons (Fsp3) is 0.714. The molecule has 0 saturated heterocycles. The van der Waals surface area contributed by atoms with Gasteiger partial charge in [-0.2, -0.15) is 11.8 Å². The molecule has 0 radical (unpaired) electrons. The minimum Gasteiger partial charge on any atom is -0.464 e. The highest BCUT2D eigenvalue weighted by molar-refractivity contribution is 7.97. The summed E-state index contributed by atoms with van der Waals surface area (Å²) in [6.07, 6.45) is 4.61. The van der Waals surface area contributed by atoms with E-state index in [0.29, 0.717) is 6.04 Å². The van der Waals surface area contributed by atoms with Crippen LogP contribution in [-0.2, 0) is 12.3 Å². The summed E-state index contributed by atoms with van der Waals surface area (Å²) in [6, 6.07) is 4.71. The lowest BCUT2D eigenvalue weighted by atomic mass is 10.0. The van der Waals surface area contributed by atoms with Crippen molar-refractivity contribution in [2.24, 2.45) is 5.92 Å². The lowest BCUT2D eigenvalue weighted by Crippen LogP contribution is -2.25. The van der Waals surface area contributed by atoms with Gasteiger partial charge in [0.1, 0.15) is 11.5 Å². The molecule has 0 aliphatic heterocycles. The second-order valence-electron chi connectivity index (χ2n) is 5.05. The quantitative estimate of drug-likeness (QED) is 0.758. The SMILES string of the molecule is CSCc1ccc(CNC(C)CCC(C)C)o1. The van der Waals surface area contributed by atoms with Crippen molar-refractivity contribution in [2.45, 2.75) is 52.0 Å². The predicted molar refractivity (Wildman–Crippen MR) is 76.3 cm³/mol. The van der Waals surface area contributed by atoms with Gasteiger partial charge in [-0.25, -0.2) is 0 Å². The summed E-state index contributed by atoms with van der Waals surface area (Å²) >= 11 is 1.79. The van der Waals surface area contributed by atoms with Crippen LogP contribution in [-0.4, -0.2) is 12.3 Å². The lowest BCUT2D eigenvalue weighted by Gasteiger charge is -2.13. The topological polar surface area (TPSA) is 25.2 Å². The number of nitrogens with one attached hydrogen (secondary N) is 1. The number of thioether (sulfide) groups is 1. The van der Waals surface area contributed by atoms with Crippen molar-refractivity contribution in [2.75, 3.05) is 6.26 Å². The van der Waals surface area contributed by atoms with E-state index in [1.807, 2.05) is 0 Å². The molecule has 0 aliphatic rings. The molecule has 2 nitrogen and oxygen atoms in total. The molecule has 17 heavy (non-hydrogen) atoms. The van der Waals surface area contributed by atoms with Gasteiger partial charge in [0.15, 0.2) is 0 Å². The minimum absolute atomic E-state index is 0.562. The van der Waals surface area contributed by atoms with Gasteiger partial charge in [-0.15, -0.1) is 0 Å². The van der Waals surface area contributed by atoms with Crippen molar-refractivity contribution >= 4 is 11.8 Å². The molecular formula is C14H25NOS. The summed E-state index contributed by atoms with van der Waals surface area (Å²) < 4.78 is 5.72. The van der Waals surface area contributed by atoms with E-state index in [9.17, 15) is 0 Å². The Morgan fingerprint density at radius 2 is 1.88 bits per heavy atom. The first kappa shape index (κ1) is 14.7. The van der Waals surface area contributed by atoms with E-state index in [-0.39, 0.29) is 0 Å². The molecule has 3 heteroatoms. The second-order valence-corrected chi connectivity index (χ2v) is 5.92. The summed E-state index contributed by atoms with van der Waals surface area (Å²) in [5.74, 6) is 3.87. The maximum atomic E-state index is 5.72. The van der Waals surface area contributed by atoms with Crippen LogP contribution in [0.3, 0.4) is 0 Å². The third kappa shape index (κ3) is 6.18. The molecule has 1 aromatic heterocycles. The van der Waals surface area contributed by atoms with Gasteiger partial charge in [-0.05, 0) is 44.1 Å². The Balaban J connectivity index is 2.24. The van der Waals surface area contributed by atoms with E-state index in [1.165, 1.54) is 12.8 Å². The molecule has 1 N–H and O–H groups in total. The van der Waals surface area contributed by atoms with E-state index in [1.54, 1.807) is 11.8 Å². The minimum atomic E-state index is 0.562. The van der Waals surface area contributed by atoms with Gasteiger partial charge in [0.2, 0.25) is 0 Å². The summed E-state index contributed by atoms with van der Waals surface area (Å²) in [5.41, 5.74) is 0. The average molecular weight is 255 g/mol. The molecule has 0 aromatic carbocycles. The molecule has 1 rings (SSSR count). The molecule has 1 unspecified atom stereocenters. The van der Waals surface area contributed by atoms with Gasteiger partial charge >= 0.3 is 0 Å². The Kier molecular flexibility index (Phi) is 6.75. The fourth-order valence-corrected chi connectivity index (χ4v) is 2.14. The van der Waals surface area contributed by atoms with Crippen molar-refractivity contribution in [1.29, 1.82) is 0 Å². The zero-order valence-electron chi connectivity index (χ0n) is 11.5. The van der Waals surface area contributed by atoms with Crippen molar-refractivity contribution in [3.05, 3.63) is 23.7 Å². The van der Waals surface area contributed by atoms with Crippen LogP contribution >= 0.6 is 11.8 Å². The van der Waals surface area contributed by atoms with E-state index in [2.05, 4.69) is 44.5 Å². The number of furan rings is 1. The van der Waals surface area contributed by atoms with E-state index in [0.717, 1.165) is 29.7 Å². The van der Waals surface area contributed by atoms with Crippen LogP contribution in [0.1, 0.15) is 45.1 Å². The van der Waals surface area contributed by atoms with E-state index in [4.69, 9.17) is 4.42 Å². The Bertz CT molecular complexity index is 309. The van der Waals surface area contributed by atoms with Crippen LogP contribution in [0.5, 0.6) is 0 Å². The molecule has 0 bridgehead atoms. The van der Waals surface area contributed by atoms with Gasteiger partial charge in [0, 0.05) is 6.04 Å². The highest BCUT2D eigenvalue weighted by Crippen LogP contribution is 2.14. The van der Waals surface area contributed by atoms with Crippen LogP contribution in [0.2, 0.25) is 0 Å². The average Bonchev–Trinajstić information content (AvgIpc) is 2.72. The van der Waals surface area contributed by atoms with Crippen molar-refractivity contribution in [1.82, 2.24) is 5.32 Å². The van der Waals surface area contributed by atoms with Gasteiger partial charge in [-0.1, -0.05) is 13.8 Å². The fourth-order valence-electron chi connectivity index (χ4n) is 1.70. The van der Waals surface area contributed by atoms with Crippen LogP contribution in [0.15, 0.2) is 16.5 Å². The molecule has 1 atom stereocenters. The molecule has 1 heterocycles. The van der Waals surface area contributed by atoms with Gasteiger partial charge in [0.05, 0.1) is 12.3 Å². The largest absolute Gasteiger partial charge is 0.464 e. The standard InChI is InChI=1S/C14H25NOS/c1-11(2)5-6-12(3)15-9-13-7-8-14(16-13)10-17-4/h7-8,11-12,15H,5-6,9-10H2,1-4H3. The van der Waals surface area contributed by atoms with Crippen molar-refractivity contribution in [3.8, 4) is 0 Å². The smallest absolute Gasteiger partial charge is 0.118 e. The summed E-state index contributed by atoms with van der Waals surface area (Å²) in [6.45, 7) is 7.63. The molecule has 1 aromatic rings. The molecule has 0 spiro atoms. The van der Waals surface area contributed by atoms with Gasteiger partial charge < -0.3 is 9.73 Å². The number of hydrogen-bond donors (Lipinski definition) is 1. The highest BCUT2D eigenvalue weighted by Gasteiger charge is 2.05. The zero-order valence-corrected chi connectivity index (χ0v) is 12.3. The number of hydrogen-bond acceptors (Lipinski definition) is 3. The lowest BCUT2D eigenvalue weighted by molar-refractivity contribution is 0.410. The van der Waals surface area contributed by atoms with Crippen molar-refractivity contribution in [3.63, 3.8) is 0 Å². The molecule has 0 amide bonds. The third-order valence-corrected chi connectivity index (χ3v) is 3.38. The highest BCUT2D eigenvalue weighted by atomic mass is 32.2. The van der Waals surface area contributed by atoms with Crippen LogP contribution < -0.4 is 5.32 Å². The Morgan fingerprint density at radius 3 is 2.53 bits per heavy atom. The molecule has 98 valence electrons. The molecule has 0 saturated carbocycles. The Hall–Kier alpha value is -0.410. The first-order chi connectivity index (χ1) is 8.11. The predicted octanol–water partition coefficient (Wildman–Crippen LogP) is 4.06. The van der Waals surface area contributed by atoms with Crippen LogP contribution in [0, 0.1) is 5.92 Å². The van der Waals surface area contributed by atoms with E-state index < -0.39 is 0 Å². The maximum absolute atomic E-state index is 5.72. The second kappa shape index (κ2) is 7.83. The normalized spacial score (nSPS) is 13.2. The first-order valence-corrected chi connectivity index (χ1v) is 7.81. The first-order valence-electron chi connectivity index (χ1n) is 6.41. The van der Waals surface area contributed by atoms with E-state index >= 15 is 0 Å². The molecule has 0 fully saturated rings. The zero-order chi connectivity index (χ0) is 12.7. The summed E-state index contributed by atoms with van der Waals surface area (Å²) in [4.78, 5) is 0. The third-order valence-electron chi connectivity index (χ3n) is 2.81. The summed E-state index contributed by atoms with van der Waals surface area (Å²) in [5, 5.41) is 3.51. The molecular weight excluding hydrogens is 230 g/mol. The monoisotopic (exact) mass is 255 g/mol. The Labute approximate surface area is 110 Å². The number of rotatable bonds is 8. The maximum Gasteiger partial charge on any atom is 0.118 e. The van der Waals surface area contributed by atoms with Gasteiger partial charge in [-0.3, -0.25) is 0 Å². The van der Waals surface area contributed by atoms with Crippen molar-refractivity contribution < 1.29 is 4.42 Å². The summed E-state index contributed by atoms with van der Waals surface area (Å²) in [7, 11) is 0. The molecule has 0 aliphatic carbocycles. The van der Waals surface area contributed by atoms with Gasteiger partial charge in [0.25, 0.3) is 0 Å².